The Bertz CT molecular complexity index is 933. The minimum atomic E-state index is -0.523. The number of carbonyl (C=O) groups excluding carboxylic acids is 2. The first-order chi connectivity index (χ1) is 12.1. The van der Waals surface area contributed by atoms with E-state index in [-0.39, 0.29) is 17.2 Å². The van der Waals surface area contributed by atoms with Crippen LogP contribution in [-0.4, -0.2) is 35.5 Å². The molecule has 2 amide bonds. The Morgan fingerprint density at radius 2 is 2.00 bits per heavy atom. The maximum absolute atomic E-state index is 12.7. The smallest absolute Gasteiger partial charge is 0.265 e. The van der Waals surface area contributed by atoms with Crippen molar-refractivity contribution in [2.24, 2.45) is 0 Å². The maximum atomic E-state index is 12.7. The molecule has 0 radical (unpaired) electrons. The molecule has 0 unspecified atom stereocenters. The number of nitrogens with one attached hydrogen (secondary N) is 1. The predicted molar refractivity (Wildman–Crippen MR) is 101 cm³/mol. The average molecular weight is 352 g/mol. The van der Waals surface area contributed by atoms with Gasteiger partial charge in [-0.1, -0.05) is 36.4 Å². The fraction of sp³-hybridized carbons (Fsp3) is 0.105. The van der Waals surface area contributed by atoms with Crippen molar-refractivity contribution in [1.29, 1.82) is 0 Å². The second-order valence-corrected chi connectivity index (χ2v) is 5.81. The number of rotatable bonds is 4. The quantitative estimate of drug-likeness (QED) is 0.398. The van der Waals surface area contributed by atoms with Gasteiger partial charge in [-0.2, -0.15) is 0 Å². The van der Waals surface area contributed by atoms with Crippen molar-refractivity contribution in [2.75, 3.05) is 13.7 Å². The molecule has 1 aliphatic rings. The van der Waals surface area contributed by atoms with Gasteiger partial charge in [0.25, 0.3) is 11.8 Å². The highest BCUT2D eigenvalue weighted by atomic mass is 32.1. The molecule has 5 nitrogen and oxygen atoms in total. The lowest BCUT2D eigenvalue weighted by Crippen LogP contribution is -2.53. The predicted octanol–water partition coefficient (Wildman–Crippen LogP) is 2.66. The van der Waals surface area contributed by atoms with Crippen molar-refractivity contribution in [3.8, 4) is 5.75 Å². The Hall–Kier alpha value is -2.99. The van der Waals surface area contributed by atoms with Crippen LogP contribution >= 0.6 is 12.2 Å². The lowest BCUT2D eigenvalue weighted by atomic mass is 10.00. The summed E-state index contributed by atoms with van der Waals surface area (Å²) >= 11 is 5.06. The van der Waals surface area contributed by atoms with Gasteiger partial charge in [-0.25, -0.2) is 0 Å². The van der Waals surface area contributed by atoms with Crippen LogP contribution in [0.2, 0.25) is 0 Å². The Kier molecular flexibility index (Phi) is 4.63. The molecule has 3 rings (SSSR count). The van der Waals surface area contributed by atoms with Gasteiger partial charge in [0, 0.05) is 12.1 Å². The highest BCUT2D eigenvalue weighted by Crippen LogP contribution is 2.30. The van der Waals surface area contributed by atoms with Gasteiger partial charge < -0.3 is 4.74 Å². The van der Waals surface area contributed by atoms with Gasteiger partial charge in [0.15, 0.2) is 5.11 Å². The van der Waals surface area contributed by atoms with Gasteiger partial charge in [0.1, 0.15) is 11.3 Å². The molecule has 25 heavy (non-hydrogen) atoms. The van der Waals surface area contributed by atoms with Crippen LogP contribution in [0.25, 0.3) is 16.8 Å². The van der Waals surface area contributed by atoms with E-state index in [1.165, 1.54) is 4.90 Å². The summed E-state index contributed by atoms with van der Waals surface area (Å²) < 4.78 is 5.42. The number of ether oxygens (including phenoxy) is 1. The molecular formula is C19H16N2O3S. The van der Waals surface area contributed by atoms with E-state index in [9.17, 15) is 9.59 Å². The normalized spacial score (nSPS) is 16.3. The number of nitrogens with zero attached hydrogens (tertiary/aromatic N) is 1. The lowest BCUT2D eigenvalue weighted by Gasteiger charge is -2.28. The van der Waals surface area contributed by atoms with Gasteiger partial charge in [-0.15, -0.1) is 6.58 Å². The highest BCUT2D eigenvalue weighted by Gasteiger charge is 2.33. The first-order valence-electron chi connectivity index (χ1n) is 7.62. The summed E-state index contributed by atoms with van der Waals surface area (Å²) in [6.45, 7) is 3.84. The Morgan fingerprint density at radius 3 is 2.72 bits per heavy atom. The molecule has 2 aromatic carbocycles. The second-order valence-electron chi connectivity index (χ2n) is 5.42. The number of benzene rings is 2. The van der Waals surface area contributed by atoms with Crippen molar-refractivity contribution in [2.45, 2.75) is 0 Å². The van der Waals surface area contributed by atoms with Gasteiger partial charge in [0.05, 0.1) is 7.11 Å². The van der Waals surface area contributed by atoms with E-state index in [4.69, 9.17) is 17.0 Å². The minimum Gasteiger partial charge on any atom is -0.496 e. The molecule has 1 fully saturated rings. The zero-order chi connectivity index (χ0) is 18.0. The van der Waals surface area contributed by atoms with Crippen molar-refractivity contribution in [1.82, 2.24) is 10.2 Å². The summed E-state index contributed by atoms with van der Waals surface area (Å²) in [5.41, 5.74) is 0.676. The Morgan fingerprint density at radius 1 is 1.24 bits per heavy atom. The third-order valence-corrected chi connectivity index (χ3v) is 4.26. The molecule has 0 atom stereocenters. The molecule has 0 bridgehead atoms. The van der Waals surface area contributed by atoms with E-state index < -0.39 is 11.8 Å². The first kappa shape index (κ1) is 16.9. The molecule has 0 aromatic heterocycles. The van der Waals surface area contributed by atoms with Crippen LogP contribution in [0, 0.1) is 0 Å². The molecule has 1 aliphatic heterocycles. The third kappa shape index (κ3) is 3.04. The van der Waals surface area contributed by atoms with Crippen LogP contribution in [0.15, 0.2) is 54.6 Å². The fourth-order valence-electron chi connectivity index (χ4n) is 2.74. The van der Waals surface area contributed by atoms with Gasteiger partial charge in [-0.3, -0.25) is 19.8 Å². The second kappa shape index (κ2) is 6.86. The van der Waals surface area contributed by atoms with Gasteiger partial charge in [-0.05, 0) is 35.1 Å². The molecule has 6 heteroatoms. The zero-order valence-electron chi connectivity index (χ0n) is 13.6. The van der Waals surface area contributed by atoms with E-state index in [0.717, 1.165) is 10.8 Å². The van der Waals surface area contributed by atoms with Crippen LogP contribution in [-0.2, 0) is 9.59 Å². The molecule has 0 aliphatic carbocycles. The number of thiocarbonyl (C=S) groups is 1. The van der Waals surface area contributed by atoms with Crippen molar-refractivity contribution in [3.63, 3.8) is 0 Å². The van der Waals surface area contributed by atoms with E-state index in [0.29, 0.717) is 11.3 Å². The lowest BCUT2D eigenvalue weighted by molar-refractivity contribution is -0.128. The molecule has 126 valence electrons. The molecule has 1 heterocycles. The number of fused-ring (bicyclic) bond motifs is 1. The number of carbonyl (C=O) groups is 2. The SMILES string of the molecule is C=CCN1C(=O)/C(=C\c2c(OC)ccc3ccccc23)C(=O)NC1=S. The minimum absolute atomic E-state index is 0.00473. The zero-order valence-corrected chi connectivity index (χ0v) is 14.4. The van der Waals surface area contributed by atoms with Crippen molar-refractivity contribution >= 4 is 46.0 Å². The van der Waals surface area contributed by atoms with E-state index in [2.05, 4.69) is 11.9 Å². The van der Waals surface area contributed by atoms with Gasteiger partial charge in [0.2, 0.25) is 0 Å². The summed E-state index contributed by atoms with van der Waals surface area (Å²) in [7, 11) is 1.55. The summed E-state index contributed by atoms with van der Waals surface area (Å²) in [4.78, 5) is 26.3. The van der Waals surface area contributed by atoms with E-state index >= 15 is 0 Å². The molecular weight excluding hydrogens is 336 g/mol. The number of amides is 2. The highest BCUT2D eigenvalue weighted by molar-refractivity contribution is 7.80. The molecule has 1 N–H and O–H groups in total. The fourth-order valence-corrected chi connectivity index (χ4v) is 2.99. The average Bonchev–Trinajstić information content (AvgIpc) is 2.62. The molecule has 2 aromatic rings. The summed E-state index contributed by atoms with van der Waals surface area (Å²) in [6, 6.07) is 11.4. The van der Waals surface area contributed by atoms with Crippen molar-refractivity contribution < 1.29 is 14.3 Å². The summed E-state index contributed by atoms with van der Waals surface area (Å²) in [5, 5.41) is 4.49. The third-order valence-electron chi connectivity index (χ3n) is 3.94. The maximum Gasteiger partial charge on any atom is 0.265 e. The van der Waals surface area contributed by atoms with Gasteiger partial charge >= 0.3 is 0 Å². The standard InChI is InChI=1S/C19H16N2O3S/c1-3-10-21-18(23)15(17(22)20-19(21)25)11-14-13-7-5-4-6-12(13)8-9-16(14)24-2/h3-9,11H,1,10H2,2H3,(H,20,22,25)/b15-11-. The number of hydrogen-bond acceptors (Lipinski definition) is 4. The number of hydrogen-bond donors (Lipinski definition) is 1. The van der Waals surface area contributed by atoms with Crippen LogP contribution in [0.1, 0.15) is 5.56 Å². The Labute approximate surface area is 150 Å². The van der Waals surface area contributed by atoms with E-state index in [1.54, 1.807) is 19.3 Å². The van der Waals surface area contributed by atoms with Crippen LogP contribution in [0.4, 0.5) is 0 Å². The summed E-state index contributed by atoms with van der Waals surface area (Å²) in [5.74, 6) is -0.399. The molecule has 0 saturated carbocycles. The van der Waals surface area contributed by atoms with Crippen LogP contribution in [0.3, 0.4) is 0 Å². The number of methoxy groups -OCH3 is 1. The topological polar surface area (TPSA) is 58.6 Å². The van der Waals surface area contributed by atoms with Crippen molar-refractivity contribution in [3.05, 3.63) is 60.2 Å². The monoisotopic (exact) mass is 352 g/mol. The first-order valence-corrected chi connectivity index (χ1v) is 8.03. The Balaban J connectivity index is 2.17. The molecule has 0 spiro atoms. The largest absolute Gasteiger partial charge is 0.496 e. The van der Waals surface area contributed by atoms with Crippen LogP contribution in [0.5, 0.6) is 5.75 Å². The summed E-state index contributed by atoms with van der Waals surface area (Å²) in [6.07, 6.45) is 3.11. The molecule has 1 saturated heterocycles. The van der Waals surface area contributed by atoms with Crippen LogP contribution < -0.4 is 10.1 Å². The van der Waals surface area contributed by atoms with E-state index in [1.807, 2.05) is 36.4 Å².